The first kappa shape index (κ1) is 18.9. The molecule has 1 N–H and O–H groups in total. The first-order chi connectivity index (χ1) is 13.7. The summed E-state index contributed by atoms with van der Waals surface area (Å²) in [5.41, 5.74) is 3.49. The number of hydrogen-bond donors (Lipinski definition) is 1. The molecule has 0 radical (unpaired) electrons. The van der Waals surface area contributed by atoms with Crippen molar-refractivity contribution < 1.29 is 4.79 Å². The molecule has 0 unspecified atom stereocenters. The second-order valence-electron chi connectivity index (χ2n) is 7.76. The van der Waals surface area contributed by atoms with Crippen LogP contribution in [0.3, 0.4) is 0 Å². The lowest BCUT2D eigenvalue weighted by molar-refractivity contribution is -0.129. The Balaban J connectivity index is 1.63. The van der Waals surface area contributed by atoms with Crippen LogP contribution in [-0.2, 0) is 24.3 Å². The number of rotatable bonds is 4. The van der Waals surface area contributed by atoms with E-state index < -0.39 is 0 Å². The summed E-state index contributed by atoms with van der Waals surface area (Å²) in [5.74, 6) is 1.91. The van der Waals surface area contributed by atoms with Crippen molar-refractivity contribution in [1.29, 1.82) is 0 Å². The largest absolute Gasteiger partial charge is 0.373 e. The summed E-state index contributed by atoms with van der Waals surface area (Å²) in [6.07, 6.45) is 4.32. The van der Waals surface area contributed by atoms with Crippen LogP contribution in [0.1, 0.15) is 54.9 Å². The summed E-state index contributed by atoms with van der Waals surface area (Å²) in [5, 5.41) is 3.25. The van der Waals surface area contributed by atoms with Gasteiger partial charge in [-0.1, -0.05) is 36.8 Å². The van der Waals surface area contributed by atoms with Crippen molar-refractivity contribution in [3.05, 3.63) is 53.0 Å². The summed E-state index contributed by atoms with van der Waals surface area (Å²) in [4.78, 5) is 26.1. The Hall–Kier alpha value is -2.47. The first-order valence-electron chi connectivity index (χ1n) is 10.3. The van der Waals surface area contributed by atoms with E-state index >= 15 is 0 Å². The normalized spacial score (nSPS) is 19.9. The maximum absolute atomic E-state index is 11.8. The van der Waals surface area contributed by atoms with Crippen LogP contribution in [-0.4, -0.2) is 45.8 Å². The minimum atomic E-state index is 0.109. The van der Waals surface area contributed by atoms with Gasteiger partial charge in [-0.25, -0.2) is 9.97 Å². The Morgan fingerprint density at radius 2 is 2.00 bits per heavy atom. The lowest BCUT2D eigenvalue weighted by Gasteiger charge is -2.36. The van der Waals surface area contributed by atoms with Crippen LogP contribution in [0.4, 0.5) is 5.82 Å². The van der Waals surface area contributed by atoms with Gasteiger partial charge in [-0.3, -0.25) is 9.69 Å². The Morgan fingerprint density at radius 3 is 2.75 bits per heavy atom. The van der Waals surface area contributed by atoms with Gasteiger partial charge in [0.1, 0.15) is 11.6 Å². The van der Waals surface area contributed by atoms with Crippen molar-refractivity contribution in [2.75, 3.05) is 25.5 Å². The Labute approximate surface area is 167 Å². The molecule has 1 amide bonds. The van der Waals surface area contributed by atoms with Crippen LogP contribution >= 0.6 is 0 Å². The highest BCUT2D eigenvalue weighted by Gasteiger charge is 2.30. The number of carbonyl (C=O) groups excluding carboxylic acids is 1. The minimum absolute atomic E-state index is 0.109. The molecule has 2 aliphatic heterocycles. The molecule has 4 rings (SSSR count). The predicted molar refractivity (Wildman–Crippen MR) is 110 cm³/mol. The quantitative estimate of drug-likeness (QED) is 0.884. The zero-order chi connectivity index (χ0) is 19.5. The van der Waals surface area contributed by atoms with E-state index in [9.17, 15) is 4.79 Å². The molecule has 1 fully saturated rings. The molecule has 0 spiro atoms. The third-order valence-electron chi connectivity index (χ3n) is 5.90. The summed E-state index contributed by atoms with van der Waals surface area (Å²) in [6, 6.07) is 10.9. The maximum Gasteiger partial charge on any atom is 0.219 e. The molecule has 3 heterocycles. The van der Waals surface area contributed by atoms with E-state index in [0.717, 1.165) is 55.4 Å². The summed E-state index contributed by atoms with van der Waals surface area (Å²) in [6.45, 7) is 4.97. The smallest absolute Gasteiger partial charge is 0.219 e. The molecular formula is C22H29N5O. The molecule has 6 nitrogen and oxygen atoms in total. The zero-order valence-electron chi connectivity index (χ0n) is 16.8. The minimum Gasteiger partial charge on any atom is -0.373 e. The standard InChI is InChI=1S/C22H29N5O/c1-16(28)26-13-11-19-18(15-26)21(23-2)25-22(24-19)20-10-6-7-12-27(20)14-17-8-4-3-5-9-17/h3-5,8-9,20H,6-7,10-15H2,1-2H3,(H,23,24,25)/t20-/m1/s1. The number of fused-ring (bicyclic) bond motifs is 1. The fourth-order valence-electron chi connectivity index (χ4n) is 4.35. The van der Waals surface area contributed by atoms with Gasteiger partial charge in [0, 0.05) is 39.0 Å². The van der Waals surface area contributed by atoms with Crippen molar-refractivity contribution >= 4 is 11.7 Å². The summed E-state index contributed by atoms with van der Waals surface area (Å²) >= 11 is 0. The van der Waals surface area contributed by atoms with Crippen molar-refractivity contribution in [3.8, 4) is 0 Å². The van der Waals surface area contributed by atoms with Crippen molar-refractivity contribution in [1.82, 2.24) is 19.8 Å². The van der Waals surface area contributed by atoms with Gasteiger partial charge < -0.3 is 10.2 Å². The summed E-state index contributed by atoms with van der Waals surface area (Å²) in [7, 11) is 1.90. The van der Waals surface area contributed by atoms with Crippen LogP contribution in [0.15, 0.2) is 30.3 Å². The molecule has 2 aliphatic rings. The average Bonchev–Trinajstić information content (AvgIpc) is 2.73. The Morgan fingerprint density at radius 1 is 1.18 bits per heavy atom. The van der Waals surface area contributed by atoms with Crippen LogP contribution in [0, 0.1) is 0 Å². The third kappa shape index (κ3) is 3.87. The fourth-order valence-corrected chi connectivity index (χ4v) is 4.35. The Kier molecular flexibility index (Phi) is 5.57. The number of nitrogens with zero attached hydrogens (tertiary/aromatic N) is 4. The van der Waals surface area contributed by atoms with E-state index in [0.29, 0.717) is 6.54 Å². The highest BCUT2D eigenvalue weighted by Crippen LogP contribution is 2.33. The SMILES string of the molecule is CNc1nc([C@H]2CCCCN2Cc2ccccc2)nc2c1CN(C(C)=O)CC2. The molecule has 28 heavy (non-hydrogen) atoms. The van der Waals surface area contributed by atoms with Gasteiger partial charge in [0.15, 0.2) is 0 Å². The maximum atomic E-state index is 11.8. The second-order valence-corrected chi connectivity index (χ2v) is 7.76. The van der Waals surface area contributed by atoms with Gasteiger partial charge in [0.05, 0.1) is 18.3 Å². The van der Waals surface area contributed by atoms with Gasteiger partial charge in [-0.2, -0.15) is 0 Å². The number of carbonyl (C=O) groups is 1. The number of anilines is 1. The molecule has 1 atom stereocenters. The second kappa shape index (κ2) is 8.27. The molecule has 0 bridgehead atoms. The fraction of sp³-hybridized carbons (Fsp3) is 0.500. The number of hydrogen-bond acceptors (Lipinski definition) is 5. The first-order valence-corrected chi connectivity index (χ1v) is 10.3. The monoisotopic (exact) mass is 379 g/mol. The van der Waals surface area contributed by atoms with Gasteiger partial charge in [-0.05, 0) is 24.9 Å². The lowest BCUT2D eigenvalue weighted by atomic mass is 9.99. The van der Waals surface area contributed by atoms with Gasteiger partial charge >= 0.3 is 0 Å². The van der Waals surface area contributed by atoms with Gasteiger partial charge in [0.2, 0.25) is 5.91 Å². The molecule has 6 heteroatoms. The number of nitrogens with one attached hydrogen (secondary N) is 1. The van der Waals surface area contributed by atoms with Crippen LogP contribution in [0.2, 0.25) is 0 Å². The van der Waals surface area contributed by atoms with Gasteiger partial charge in [-0.15, -0.1) is 0 Å². The lowest BCUT2D eigenvalue weighted by Crippen LogP contribution is -2.37. The van der Waals surface area contributed by atoms with Gasteiger partial charge in [0.25, 0.3) is 0 Å². The van der Waals surface area contributed by atoms with E-state index in [2.05, 4.69) is 40.5 Å². The third-order valence-corrected chi connectivity index (χ3v) is 5.90. The van der Waals surface area contributed by atoms with E-state index in [1.807, 2.05) is 11.9 Å². The highest BCUT2D eigenvalue weighted by atomic mass is 16.2. The highest BCUT2D eigenvalue weighted by molar-refractivity contribution is 5.74. The van der Waals surface area contributed by atoms with Crippen molar-refractivity contribution in [3.63, 3.8) is 0 Å². The van der Waals surface area contributed by atoms with E-state index in [-0.39, 0.29) is 11.9 Å². The number of piperidine rings is 1. The zero-order valence-corrected chi connectivity index (χ0v) is 16.8. The molecule has 1 aromatic heterocycles. The number of benzene rings is 1. The molecule has 0 saturated carbocycles. The number of amides is 1. The topological polar surface area (TPSA) is 61.4 Å². The van der Waals surface area contributed by atoms with Crippen LogP contribution in [0.25, 0.3) is 0 Å². The molecule has 2 aromatic rings. The van der Waals surface area contributed by atoms with E-state index in [1.54, 1.807) is 6.92 Å². The average molecular weight is 380 g/mol. The number of aromatic nitrogens is 2. The van der Waals surface area contributed by atoms with Crippen molar-refractivity contribution in [2.45, 2.75) is 51.7 Å². The number of likely N-dealkylation sites (tertiary alicyclic amines) is 1. The van der Waals surface area contributed by atoms with Crippen LogP contribution in [0.5, 0.6) is 0 Å². The molecule has 1 aromatic carbocycles. The van der Waals surface area contributed by atoms with E-state index in [1.165, 1.54) is 18.4 Å². The molecule has 1 saturated heterocycles. The predicted octanol–water partition coefficient (Wildman–Crippen LogP) is 3.15. The molecule has 148 valence electrons. The van der Waals surface area contributed by atoms with Crippen LogP contribution < -0.4 is 5.32 Å². The van der Waals surface area contributed by atoms with E-state index in [4.69, 9.17) is 9.97 Å². The van der Waals surface area contributed by atoms with Crippen molar-refractivity contribution in [2.24, 2.45) is 0 Å². The molecule has 0 aliphatic carbocycles. The molecular weight excluding hydrogens is 350 g/mol. The summed E-state index contributed by atoms with van der Waals surface area (Å²) < 4.78 is 0. The Bertz CT molecular complexity index is 821.